The monoisotopic (exact) mass is 280 g/mol. The second-order valence-electron chi connectivity index (χ2n) is 6.18. The second-order valence-corrected chi connectivity index (χ2v) is 6.18. The van der Waals surface area contributed by atoms with Gasteiger partial charge >= 0.3 is 0 Å². The summed E-state index contributed by atoms with van der Waals surface area (Å²) in [6, 6.07) is 11.8. The van der Waals surface area contributed by atoms with Gasteiger partial charge in [-0.1, -0.05) is 18.2 Å². The molecule has 1 saturated heterocycles. The van der Waals surface area contributed by atoms with Crippen molar-refractivity contribution in [3.8, 4) is 0 Å². The van der Waals surface area contributed by atoms with Crippen molar-refractivity contribution in [2.75, 3.05) is 20.3 Å². The second kappa shape index (κ2) is 4.93. The van der Waals surface area contributed by atoms with E-state index in [-0.39, 0.29) is 0 Å². The van der Waals surface area contributed by atoms with Crippen LogP contribution in [0.5, 0.6) is 0 Å². The van der Waals surface area contributed by atoms with Crippen LogP contribution in [0.1, 0.15) is 17.7 Å². The lowest BCUT2D eigenvalue weighted by atomic mass is 9.90. The van der Waals surface area contributed by atoms with Crippen LogP contribution in [0, 0.1) is 6.92 Å². The van der Waals surface area contributed by atoms with Gasteiger partial charge in [-0.3, -0.25) is 9.88 Å². The fraction of sp³-hybridized carbons (Fsp3) is 0.389. The number of hydrogen-bond donors (Lipinski definition) is 0. The Kier molecular flexibility index (Phi) is 3.05. The summed E-state index contributed by atoms with van der Waals surface area (Å²) in [5.74, 6) is 0. The van der Waals surface area contributed by atoms with Crippen LogP contribution in [-0.2, 0) is 4.74 Å². The third-order valence-corrected chi connectivity index (χ3v) is 4.75. The van der Waals surface area contributed by atoms with Gasteiger partial charge in [0, 0.05) is 17.1 Å². The highest BCUT2D eigenvalue weighted by molar-refractivity contribution is 5.84. The third kappa shape index (κ3) is 2.27. The highest BCUT2D eigenvalue weighted by Crippen LogP contribution is 2.32. The van der Waals surface area contributed by atoms with Gasteiger partial charge in [0.05, 0.1) is 24.8 Å². The van der Waals surface area contributed by atoms with Gasteiger partial charge in [-0.15, -0.1) is 0 Å². The maximum absolute atomic E-state index is 5.68. The van der Waals surface area contributed by atoms with Crippen LogP contribution in [0.2, 0.25) is 0 Å². The molecule has 2 unspecified atom stereocenters. The Hall–Kier alpha value is -1.71. The summed E-state index contributed by atoms with van der Waals surface area (Å²) < 4.78 is 5.68. The maximum atomic E-state index is 5.68. The summed E-state index contributed by atoms with van der Waals surface area (Å²) in [6.07, 6.45) is 3.44. The van der Waals surface area contributed by atoms with E-state index in [0.29, 0.717) is 12.1 Å². The molecule has 1 fully saturated rings. The van der Waals surface area contributed by atoms with Crippen molar-refractivity contribution < 1.29 is 4.74 Å². The fourth-order valence-corrected chi connectivity index (χ4v) is 3.39. The molecule has 21 heavy (non-hydrogen) atoms. The summed E-state index contributed by atoms with van der Waals surface area (Å²) in [5.41, 5.74) is 4.93. The van der Waals surface area contributed by atoms with Gasteiger partial charge in [-0.2, -0.15) is 0 Å². The molecule has 1 aromatic carbocycles. The van der Waals surface area contributed by atoms with Gasteiger partial charge in [-0.25, -0.2) is 0 Å². The van der Waals surface area contributed by atoms with Gasteiger partial charge in [0.15, 0.2) is 0 Å². The summed E-state index contributed by atoms with van der Waals surface area (Å²) in [6.45, 7) is 3.69. The summed E-state index contributed by atoms with van der Waals surface area (Å²) >= 11 is 0. The van der Waals surface area contributed by atoms with E-state index in [1.165, 1.54) is 16.5 Å². The standard InChI is InChI=1S/C18H20N2O/c1-12-3-4-14-7-13(5-6-18(14)19-12)15-8-16-10-21-11-17(9-15)20(16)2/h3-8,16-17H,9-11H2,1-2H3. The normalized spacial score (nSPS) is 25.9. The van der Waals surface area contributed by atoms with Crippen molar-refractivity contribution in [1.29, 1.82) is 0 Å². The van der Waals surface area contributed by atoms with E-state index < -0.39 is 0 Å². The topological polar surface area (TPSA) is 25.4 Å². The number of rotatable bonds is 1. The molecule has 3 heteroatoms. The molecule has 2 aliphatic rings. The molecule has 4 rings (SSSR count). The summed E-state index contributed by atoms with van der Waals surface area (Å²) in [7, 11) is 2.21. The third-order valence-electron chi connectivity index (χ3n) is 4.75. The van der Waals surface area contributed by atoms with Crippen LogP contribution in [0.25, 0.3) is 16.5 Å². The van der Waals surface area contributed by atoms with E-state index in [1.54, 1.807) is 0 Å². The minimum Gasteiger partial charge on any atom is -0.378 e. The molecule has 2 bridgehead atoms. The molecule has 2 aromatic rings. The smallest absolute Gasteiger partial charge is 0.0705 e. The van der Waals surface area contributed by atoms with Gasteiger partial charge < -0.3 is 4.74 Å². The van der Waals surface area contributed by atoms with Crippen molar-refractivity contribution in [3.05, 3.63) is 47.7 Å². The zero-order valence-electron chi connectivity index (χ0n) is 12.5. The number of nitrogens with zero attached hydrogens (tertiary/aromatic N) is 2. The molecule has 0 N–H and O–H groups in total. The molecule has 3 heterocycles. The number of benzene rings is 1. The fourth-order valence-electron chi connectivity index (χ4n) is 3.39. The number of fused-ring (bicyclic) bond motifs is 3. The quantitative estimate of drug-likeness (QED) is 0.803. The number of hydrogen-bond acceptors (Lipinski definition) is 3. The van der Waals surface area contributed by atoms with Crippen molar-refractivity contribution in [3.63, 3.8) is 0 Å². The molecule has 1 aromatic heterocycles. The molecule has 0 saturated carbocycles. The van der Waals surface area contributed by atoms with Crippen LogP contribution in [-0.4, -0.2) is 42.2 Å². The zero-order chi connectivity index (χ0) is 14.4. The van der Waals surface area contributed by atoms with Crippen LogP contribution in [0.3, 0.4) is 0 Å². The number of pyridine rings is 1. The first-order valence-electron chi connectivity index (χ1n) is 7.59. The highest BCUT2D eigenvalue weighted by Gasteiger charge is 2.32. The Balaban J connectivity index is 1.75. The predicted molar refractivity (Wildman–Crippen MR) is 85.2 cm³/mol. The van der Waals surface area contributed by atoms with E-state index in [2.05, 4.69) is 53.3 Å². The van der Waals surface area contributed by atoms with Gasteiger partial charge in [0.25, 0.3) is 0 Å². The number of aryl methyl sites for hydroxylation is 1. The molecule has 3 nitrogen and oxygen atoms in total. The molecule has 0 amide bonds. The Morgan fingerprint density at radius 2 is 2.10 bits per heavy atom. The van der Waals surface area contributed by atoms with Crippen LogP contribution in [0.15, 0.2) is 36.4 Å². The average Bonchev–Trinajstić information content (AvgIpc) is 2.46. The lowest BCUT2D eigenvalue weighted by molar-refractivity contribution is -0.0221. The zero-order valence-corrected chi connectivity index (χ0v) is 12.5. The summed E-state index contributed by atoms with van der Waals surface area (Å²) in [4.78, 5) is 7.03. The van der Waals surface area contributed by atoms with Crippen LogP contribution in [0.4, 0.5) is 0 Å². The number of likely N-dealkylation sites (N-methyl/N-ethyl adjacent to an activating group) is 1. The van der Waals surface area contributed by atoms with Gasteiger partial charge in [-0.05, 0) is 49.7 Å². The lowest BCUT2D eigenvalue weighted by Crippen LogP contribution is -2.51. The highest BCUT2D eigenvalue weighted by atomic mass is 16.5. The Morgan fingerprint density at radius 3 is 2.95 bits per heavy atom. The number of morpholine rings is 1. The Morgan fingerprint density at radius 1 is 1.19 bits per heavy atom. The first-order valence-corrected chi connectivity index (χ1v) is 7.59. The number of ether oxygens (including phenoxy) is 1. The maximum Gasteiger partial charge on any atom is 0.0705 e. The predicted octanol–water partition coefficient (Wildman–Crippen LogP) is 3.03. The molecule has 0 radical (unpaired) electrons. The number of aromatic nitrogens is 1. The summed E-state index contributed by atoms with van der Waals surface area (Å²) in [5, 5.41) is 1.22. The van der Waals surface area contributed by atoms with Crippen molar-refractivity contribution >= 4 is 16.5 Å². The van der Waals surface area contributed by atoms with E-state index in [1.807, 2.05) is 6.92 Å². The minimum absolute atomic E-state index is 0.416. The molecule has 0 spiro atoms. The SMILES string of the molecule is Cc1ccc2cc(C3=CC4COCC(C3)N4C)ccc2n1. The van der Waals surface area contributed by atoms with Crippen molar-refractivity contribution in [1.82, 2.24) is 9.88 Å². The first kappa shape index (κ1) is 13.0. The Bertz CT molecular complexity index is 722. The molecule has 0 aliphatic carbocycles. The van der Waals surface area contributed by atoms with E-state index in [0.717, 1.165) is 30.8 Å². The van der Waals surface area contributed by atoms with E-state index >= 15 is 0 Å². The van der Waals surface area contributed by atoms with Crippen molar-refractivity contribution in [2.24, 2.45) is 0 Å². The van der Waals surface area contributed by atoms with Crippen molar-refractivity contribution in [2.45, 2.75) is 25.4 Å². The first-order chi connectivity index (χ1) is 10.2. The average molecular weight is 280 g/mol. The lowest BCUT2D eigenvalue weighted by Gasteiger charge is -2.42. The van der Waals surface area contributed by atoms with Gasteiger partial charge in [0.2, 0.25) is 0 Å². The molecular formula is C18H20N2O. The molecular weight excluding hydrogens is 260 g/mol. The molecule has 2 atom stereocenters. The molecule has 2 aliphatic heterocycles. The van der Waals surface area contributed by atoms with E-state index in [9.17, 15) is 0 Å². The van der Waals surface area contributed by atoms with Crippen LogP contribution >= 0.6 is 0 Å². The molecule has 108 valence electrons. The minimum atomic E-state index is 0.416. The van der Waals surface area contributed by atoms with Gasteiger partial charge in [0.1, 0.15) is 0 Å². The largest absolute Gasteiger partial charge is 0.378 e. The Labute approximate surface area is 125 Å². The van der Waals surface area contributed by atoms with Crippen LogP contribution < -0.4 is 0 Å². The van der Waals surface area contributed by atoms with E-state index in [4.69, 9.17) is 4.74 Å².